The molecule has 0 nitrogen and oxygen atoms in total. The normalized spacial score (nSPS) is 11.4. The summed E-state index contributed by atoms with van der Waals surface area (Å²) in [5, 5.41) is 0. The summed E-state index contributed by atoms with van der Waals surface area (Å²) in [6.45, 7) is 0. The van der Waals surface area contributed by atoms with E-state index in [2.05, 4.69) is 48.5 Å². The summed E-state index contributed by atoms with van der Waals surface area (Å²) in [6.07, 6.45) is 1.10. The zero-order valence-corrected chi connectivity index (χ0v) is 9.45. The molecule has 0 bridgehead atoms. The van der Waals surface area contributed by atoms with Gasteiger partial charge in [0.25, 0.3) is 0 Å². The van der Waals surface area contributed by atoms with Crippen molar-refractivity contribution in [2.45, 2.75) is 6.42 Å². The third-order valence-corrected chi connectivity index (χ3v) is 2.71. The molecule has 0 saturated heterocycles. The van der Waals surface area contributed by atoms with E-state index in [4.69, 9.17) is 0 Å². The quantitative estimate of drug-likeness (QED) is 0.534. The molecular formula is C13H10Se. The van der Waals surface area contributed by atoms with Gasteiger partial charge in [-0.2, -0.15) is 0 Å². The maximum atomic E-state index is 2.22. The molecule has 2 radical (unpaired) electrons. The van der Waals surface area contributed by atoms with Crippen molar-refractivity contribution < 1.29 is 0 Å². The van der Waals surface area contributed by atoms with E-state index < -0.39 is 0 Å². The van der Waals surface area contributed by atoms with Crippen LogP contribution in [0.25, 0.3) is 11.1 Å². The molecule has 14 heavy (non-hydrogen) atoms. The van der Waals surface area contributed by atoms with Gasteiger partial charge in [0.2, 0.25) is 0 Å². The van der Waals surface area contributed by atoms with Crippen LogP contribution in [0, 0.1) is 0 Å². The van der Waals surface area contributed by atoms with Gasteiger partial charge in [-0.1, -0.05) is 48.5 Å². The number of rotatable bonds is 0. The second-order valence-electron chi connectivity index (χ2n) is 3.49. The van der Waals surface area contributed by atoms with Crippen molar-refractivity contribution in [3.8, 4) is 11.1 Å². The van der Waals surface area contributed by atoms with Gasteiger partial charge in [0.1, 0.15) is 0 Å². The van der Waals surface area contributed by atoms with Gasteiger partial charge in [0, 0.05) is 17.1 Å². The molecule has 0 heterocycles. The van der Waals surface area contributed by atoms with E-state index in [0.717, 1.165) is 6.42 Å². The van der Waals surface area contributed by atoms with Crippen molar-refractivity contribution in [1.82, 2.24) is 0 Å². The molecule has 1 aliphatic rings. The number of hydrogen-bond acceptors (Lipinski definition) is 0. The fraction of sp³-hybridized carbons (Fsp3) is 0.0769. The Bertz CT molecular complexity index is 417. The van der Waals surface area contributed by atoms with Gasteiger partial charge >= 0.3 is 0 Å². The van der Waals surface area contributed by atoms with Gasteiger partial charge in [0.15, 0.2) is 0 Å². The maximum Gasteiger partial charge on any atom is 0 e. The van der Waals surface area contributed by atoms with Gasteiger partial charge in [-0.3, -0.25) is 0 Å². The van der Waals surface area contributed by atoms with Crippen LogP contribution in [-0.2, 0) is 6.42 Å². The van der Waals surface area contributed by atoms with Gasteiger partial charge in [0.05, 0.1) is 0 Å². The van der Waals surface area contributed by atoms with E-state index in [1.165, 1.54) is 22.3 Å². The minimum Gasteiger partial charge on any atom is -0.0619 e. The summed E-state index contributed by atoms with van der Waals surface area (Å²) in [5.74, 6) is 0. The predicted octanol–water partition coefficient (Wildman–Crippen LogP) is 2.88. The fourth-order valence-corrected chi connectivity index (χ4v) is 2.08. The van der Waals surface area contributed by atoms with E-state index >= 15 is 0 Å². The Kier molecular flexibility index (Phi) is 2.45. The average molecular weight is 245 g/mol. The van der Waals surface area contributed by atoms with Gasteiger partial charge < -0.3 is 0 Å². The fourth-order valence-electron chi connectivity index (χ4n) is 2.08. The zero-order chi connectivity index (χ0) is 8.67. The first-order valence-electron chi connectivity index (χ1n) is 4.61. The maximum absolute atomic E-state index is 2.22. The van der Waals surface area contributed by atoms with E-state index in [1.807, 2.05) is 0 Å². The Morgan fingerprint density at radius 1 is 0.643 bits per heavy atom. The van der Waals surface area contributed by atoms with Crippen molar-refractivity contribution >= 4 is 17.1 Å². The van der Waals surface area contributed by atoms with Crippen LogP contribution in [0.5, 0.6) is 0 Å². The smallest absolute Gasteiger partial charge is 0 e. The van der Waals surface area contributed by atoms with Crippen molar-refractivity contribution in [2.24, 2.45) is 0 Å². The number of hydrogen-bond donors (Lipinski definition) is 0. The summed E-state index contributed by atoms with van der Waals surface area (Å²) in [7, 11) is 0. The summed E-state index contributed by atoms with van der Waals surface area (Å²) < 4.78 is 0. The zero-order valence-electron chi connectivity index (χ0n) is 7.73. The molecule has 0 aliphatic heterocycles. The van der Waals surface area contributed by atoms with Crippen molar-refractivity contribution in [3.05, 3.63) is 59.7 Å². The van der Waals surface area contributed by atoms with Crippen LogP contribution in [0.15, 0.2) is 48.5 Å². The largest absolute Gasteiger partial charge is 0.0619 e. The topological polar surface area (TPSA) is 0 Å². The molecule has 0 aromatic heterocycles. The minimum absolute atomic E-state index is 0. The first kappa shape index (κ1) is 9.51. The average Bonchev–Trinajstić information content (AvgIpc) is 2.56. The molecule has 0 saturated carbocycles. The molecule has 2 aromatic carbocycles. The van der Waals surface area contributed by atoms with Gasteiger partial charge in [-0.25, -0.2) is 0 Å². The summed E-state index contributed by atoms with van der Waals surface area (Å²) in [6, 6.07) is 17.3. The number of fused-ring (bicyclic) bond motifs is 3. The van der Waals surface area contributed by atoms with Crippen LogP contribution in [0.4, 0.5) is 0 Å². The SMILES string of the molecule is [Se].c1ccc2c(c1)Cc1ccccc1-2. The van der Waals surface area contributed by atoms with Crippen LogP contribution in [-0.4, -0.2) is 17.1 Å². The summed E-state index contributed by atoms with van der Waals surface area (Å²) >= 11 is 0. The Hall–Kier alpha value is -1.04. The Morgan fingerprint density at radius 3 is 1.57 bits per heavy atom. The van der Waals surface area contributed by atoms with Crippen LogP contribution in [0.2, 0.25) is 0 Å². The minimum atomic E-state index is 0. The molecule has 0 spiro atoms. The van der Waals surface area contributed by atoms with Gasteiger partial charge in [-0.15, -0.1) is 0 Å². The summed E-state index contributed by atoms with van der Waals surface area (Å²) in [4.78, 5) is 0. The van der Waals surface area contributed by atoms with Crippen LogP contribution < -0.4 is 0 Å². The van der Waals surface area contributed by atoms with E-state index in [9.17, 15) is 0 Å². The standard InChI is InChI=1S/C13H10.Se/c1-3-7-12-10(5-1)9-11-6-2-4-8-13(11)12;/h1-8H,9H2;. The molecule has 1 aliphatic carbocycles. The Morgan fingerprint density at radius 2 is 1.07 bits per heavy atom. The Balaban J connectivity index is 0.000000750. The Labute approximate surface area is 94.4 Å². The van der Waals surface area contributed by atoms with Crippen molar-refractivity contribution in [2.75, 3.05) is 0 Å². The van der Waals surface area contributed by atoms with E-state index in [0.29, 0.717) is 0 Å². The molecule has 2 aromatic rings. The van der Waals surface area contributed by atoms with Crippen LogP contribution >= 0.6 is 0 Å². The molecule has 0 unspecified atom stereocenters. The first-order valence-corrected chi connectivity index (χ1v) is 4.61. The molecule has 1 heteroatoms. The van der Waals surface area contributed by atoms with Crippen molar-refractivity contribution in [3.63, 3.8) is 0 Å². The molecule has 0 N–H and O–H groups in total. The second kappa shape index (κ2) is 3.61. The molecule has 0 amide bonds. The molecule has 3 rings (SSSR count). The predicted molar refractivity (Wildman–Crippen MR) is 60.4 cm³/mol. The number of benzene rings is 2. The monoisotopic (exact) mass is 246 g/mol. The third-order valence-electron chi connectivity index (χ3n) is 2.71. The van der Waals surface area contributed by atoms with Gasteiger partial charge in [-0.05, 0) is 28.7 Å². The van der Waals surface area contributed by atoms with Crippen LogP contribution in [0.3, 0.4) is 0 Å². The summed E-state index contributed by atoms with van der Waals surface area (Å²) in [5.41, 5.74) is 5.75. The van der Waals surface area contributed by atoms with Crippen molar-refractivity contribution in [1.29, 1.82) is 0 Å². The van der Waals surface area contributed by atoms with E-state index in [1.54, 1.807) is 0 Å². The first-order chi connectivity index (χ1) is 6.45. The molecule has 0 atom stereocenters. The molecular weight excluding hydrogens is 235 g/mol. The van der Waals surface area contributed by atoms with Crippen LogP contribution in [0.1, 0.15) is 11.1 Å². The van der Waals surface area contributed by atoms with E-state index in [-0.39, 0.29) is 17.1 Å². The second-order valence-corrected chi connectivity index (χ2v) is 3.49. The third kappa shape index (κ3) is 1.30. The molecule has 0 fully saturated rings. The molecule has 68 valence electrons.